The van der Waals surface area contributed by atoms with E-state index in [0.29, 0.717) is 6.61 Å². The van der Waals surface area contributed by atoms with Crippen molar-refractivity contribution in [1.29, 1.82) is 0 Å². The van der Waals surface area contributed by atoms with Crippen LogP contribution in [0, 0.1) is 0 Å². The maximum Gasteiger partial charge on any atom is 0.119 e. The summed E-state index contributed by atoms with van der Waals surface area (Å²) in [7, 11) is 0. The van der Waals surface area contributed by atoms with Crippen molar-refractivity contribution in [1.82, 2.24) is 4.90 Å². The molecule has 2 heterocycles. The number of hydrogen-bond donors (Lipinski definition) is 1. The monoisotopic (exact) mass is 343 g/mol. The standard InChI is InChI=1S/C21H29NO3/c1-2-7-19-10-11-20(25-19)16-22-14-6-12-21(23,13-15-22)17-24-18-8-4-3-5-9-18/h3-5,8-11,23H,2,6-7,12-17H2,1H3. The summed E-state index contributed by atoms with van der Waals surface area (Å²) in [6, 6.07) is 13.9. The highest BCUT2D eigenvalue weighted by atomic mass is 16.5. The molecule has 136 valence electrons. The number of likely N-dealkylation sites (tertiary alicyclic amines) is 1. The van der Waals surface area contributed by atoms with Crippen LogP contribution in [0.15, 0.2) is 46.9 Å². The molecule has 0 saturated carbocycles. The van der Waals surface area contributed by atoms with Gasteiger partial charge in [0.2, 0.25) is 0 Å². The molecule has 1 aromatic heterocycles. The highest BCUT2D eigenvalue weighted by Crippen LogP contribution is 2.25. The summed E-state index contributed by atoms with van der Waals surface area (Å²) in [6.07, 6.45) is 4.57. The Morgan fingerprint density at radius 1 is 1.08 bits per heavy atom. The number of aliphatic hydroxyl groups is 1. The topological polar surface area (TPSA) is 45.8 Å². The van der Waals surface area contributed by atoms with Crippen molar-refractivity contribution < 1.29 is 14.3 Å². The van der Waals surface area contributed by atoms with E-state index in [-0.39, 0.29) is 0 Å². The van der Waals surface area contributed by atoms with Crippen molar-refractivity contribution >= 4 is 0 Å². The third-order valence-electron chi connectivity index (χ3n) is 4.85. The summed E-state index contributed by atoms with van der Waals surface area (Å²) in [5, 5.41) is 10.9. The van der Waals surface area contributed by atoms with Crippen molar-refractivity contribution in [2.45, 2.75) is 51.2 Å². The summed E-state index contributed by atoms with van der Waals surface area (Å²) in [6.45, 7) is 5.18. The highest BCUT2D eigenvalue weighted by Gasteiger charge is 2.31. The van der Waals surface area contributed by atoms with Crippen LogP contribution in [0.3, 0.4) is 0 Å². The maximum absolute atomic E-state index is 10.9. The molecule has 3 rings (SSSR count). The molecule has 1 aliphatic heterocycles. The Balaban J connectivity index is 1.50. The maximum atomic E-state index is 10.9. The van der Waals surface area contributed by atoms with Crippen molar-refractivity contribution in [3.05, 3.63) is 54.0 Å². The minimum atomic E-state index is -0.749. The Kier molecular flexibility index (Phi) is 6.16. The number of rotatable bonds is 7. The summed E-state index contributed by atoms with van der Waals surface area (Å²) in [5.41, 5.74) is -0.749. The van der Waals surface area contributed by atoms with Gasteiger partial charge in [-0.2, -0.15) is 0 Å². The van der Waals surface area contributed by atoms with E-state index in [4.69, 9.17) is 9.15 Å². The fourth-order valence-electron chi connectivity index (χ4n) is 3.38. The first-order valence-corrected chi connectivity index (χ1v) is 9.37. The number of hydrogen-bond acceptors (Lipinski definition) is 4. The predicted octanol–water partition coefficient (Wildman–Crippen LogP) is 4.03. The fraction of sp³-hybridized carbons (Fsp3) is 0.524. The van der Waals surface area contributed by atoms with Crippen LogP contribution in [0.25, 0.3) is 0 Å². The van der Waals surface area contributed by atoms with Gasteiger partial charge in [0, 0.05) is 13.0 Å². The van der Waals surface area contributed by atoms with E-state index < -0.39 is 5.60 Å². The van der Waals surface area contributed by atoms with Crippen molar-refractivity contribution in [2.75, 3.05) is 19.7 Å². The fourth-order valence-corrected chi connectivity index (χ4v) is 3.38. The Labute approximate surface area is 150 Å². The Morgan fingerprint density at radius 2 is 1.88 bits per heavy atom. The zero-order valence-electron chi connectivity index (χ0n) is 15.1. The lowest BCUT2D eigenvalue weighted by atomic mass is 9.96. The molecular weight excluding hydrogens is 314 g/mol. The lowest BCUT2D eigenvalue weighted by Crippen LogP contribution is -2.37. The van der Waals surface area contributed by atoms with Crippen LogP contribution in [-0.2, 0) is 13.0 Å². The number of nitrogens with zero attached hydrogens (tertiary/aromatic N) is 1. The number of aryl methyl sites for hydroxylation is 1. The molecule has 1 unspecified atom stereocenters. The number of ether oxygens (including phenoxy) is 1. The van der Waals surface area contributed by atoms with Crippen LogP contribution in [0.4, 0.5) is 0 Å². The van der Waals surface area contributed by atoms with Crippen LogP contribution in [0.2, 0.25) is 0 Å². The van der Waals surface area contributed by atoms with E-state index in [1.54, 1.807) is 0 Å². The van der Waals surface area contributed by atoms with Crippen LogP contribution < -0.4 is 4.74 Å². The van der Waals surface area contributed by atoms with E-state index in [1.165, 1.54) is 0 Å². The van der Waals surface area contributed by atoms with Crippen molar-refractivity contribution in [3.8, 4) is 5.75 Å². The quantitative estimate of drug-likeness (QED) is 0.824. The van der Waals surface area contributed by atoms with Gasteiger partial charge in [0.25, 0.3) is 0 Å². The molecule has 0 radical (unpaired) electrons. The van der Waals surface area contributed by atoms with E-state index in [2.05, 4.69) is 24.0 Å². The molecule has 0 amide bonds. The normalized spacial score (nSPS) is 21.8. The van der Waals surface area contributed by atoms with Gasteiger partial charge in [-0.3, -0.25) is 4.90 Å². The molecule has 4 heteroatoms. The van der Waals surface area contributed by atoms with Crippen LogP contribution in [-0.4, -0.2) is 35.3 Å². The molecule has 0 spiro atoms. The van der Waals surface area contributed by atoms with Gasteiger partial charge in [-0.05, 0) is 56.5 Å². The molecule has 0 aliphatic carbocycles. The molecule has 0 bridgehead atoms. The van der Waals surface area contributed by atoms with Gasteiger partial charge in [0.05, 0.1) is 12.1 Å². The zero-order valence-corrected chi connectivity index (χ0v) is 15.1. The van der Waals surface area contributed by atoms with Gasteiger partial charge in [-0.15, -0.1) is 0 Å². The summed E-state index contributed by atoms with van der Waals surface area (Å²) in [4.78, 5) is 2.37. The summed E-state index contributed by atoms with van der Waals surface area (Å²) in [5.74, 6) is 2.91. The average Bonchev–Trinajstić information content (AvgIpc) is 2.97. The Bertz CT molecular complexity index is 640. The average molecular weight is 343 g/mol. The SMILES string of the molecule is CCCc1ccc(CN2CCCC(O)(COc3ccccc3)CC2)o1. The van der Waals surface area contributed by atoms with Gasteiger partial charge >= 0.3 is 0 Å². The van der Waals surface area contributed by atoms with Gasteiger partial charge in [0.1, 0.15) is 23.9 Å². The molecule has 2 aromatic rings. The third-order valence-corrected chi connectivity index (χ3v) is 4.85. The molecular formula is C21H29NO3. The molecule has 1 aromatic carbocycles. The first kappa shape index (κ1) is 18.0. The van der Waals surface area contributed by atoms with Gasteiger partial charge in [-0.25, -0.2) is 0 Å². The van der Waals surface area contributed by atoms with E-state index in [1.807, 2.05) is 30.3 Å². The molecule has 1 aliphatic rings. The Hall–Kier alpha value is -1.78. The first-order chi connectivity index (χ1) is 12.2. The lowest BCUT2D eigenvalue weighted by Gasteiger charge is -2.26. The number of para-hydroxylation sites is 1. The molecule has 1 atom stereocenters. The number of benzene rings is 1. The van der Waals surface area contributed by atoms with E-state index in [9.17, 15) is 5.11 Å². The molecule has 1 saturated heterocycles. The van der Waals surface area contributed by atoms with Gasteiger partial charge in [-0.1, -0.05) is 25.1 Å². The highest BCUT2D eigenvalue weighted by molar-refractivity contribution is 5.21. The minimum Gasteiger partial charge on any atom is -0.491 e. The minimum absolute atomic E-state index is 0.353. The van der Waals surface area contributed by atoms with Crippen LogP contribution in [0.5, 0.6) is 5.75 Å². The third kappa shape index (κ3) is 5.35. The second kappa shape index (κ2) is 8.54. The second-order valence-corrected chi connectivity index (χ2v) is 7.07. The summed E-state index contributed by atoms with van der Waals surface area (Å²) >= 11 is 0. The zero-order chi connectivity index (χ0) is 17.5. The Morgan fingerprint density at radius 3 is 2.68 bits per heavy atom. The second-order valence-electron chi connectivity index (χ2n) is 7.07. The van der Waals surface area contributed by atoms with Crippen LogP contribution in [0.1, 0.15) is 44.1 Å². The van der Waals surface area contributed by atoms with Crippen LogP contribution >= 0.6 is 0 Å². The van der Waals surface area contributed by atoms with Crippen molar-refractivity contribution in [3.63, 3.8) is 0 Å². The largest absolute Gasteiger partial charge is 0.491 e. The van der Waals surface area contributed by atoms with Gasteiger partial charge < -0.3 is 14.3 Å². The first-order valence-electron chi connectivity index (χ1n) is 9.37. The predicted molar refractivity (Wildman–Crippen MR) is 98.7 cm³/mol. The number of furan rings is 1. The van der Waals surface area contributed by atoms with E-state index >= 15 is 0 Å². The molecule has 1 N–H and O–H groups in total. The molecule has 25 heavy (non-hydrogen) atoms. The molecule has 1 fully saturated rings. The molecule has 4 nitrogen and oxygen atoms in total. The van der Waals surface area contributed by atoms with E-state index in [0.717, 1.165) is 69.0 Å². The summed E-state index contributed by atoms with van der Waals surface area (Å²) < 4.78 is 11.7. The lowest BCUT2D eigenvalue weighted by molar-refractivity contribution is -0.0169. The van der Waals surface area contributed by atoms with Crippen molar-refractivity contribution in [2.24, 2.45) is 0 Å². The van der Waals surface area contributed by atoms with Gasteiger partial charge in [0.15, 0.2) is 0 Å². The smallest absolute Gasteiger partial charge is 0.119 e.